The second-order valence-electron chi connectivity index (χ2n) is 5.67. The van der Waals surface area contributed by atoms with Crippen molar-refractivity contribution < 1.29 is 4.42 Å². The van der Waals surface area contributed by atoms with E-state index in [-0.39, 0.29) is 6.04 Å². The minimum absolute atomic E-state index is 0.214. The highest BCUT2D eigenvalue weighted by Gasteiger charge is 2.21. The zero-order chi connectivity index (χ0) is 16.9. The molecule has 122 valence electrons. The molecule has 0 radical (unpaired) electrons. The van der Waals surface area contributed by atoms with Gasteiger partial charge in [0.15, 0.2) is 0 Å². The number of rotatable bonds is 5. The first kappa shape index (κ1) is 15.1. The highest BCUT2D eigenvalue weighted by molar-refractivity contribution is 5.52. The standard InChI is InChI=1S/C21H17N3O/c1-4-10-16(11-5-1)19(22-18-14-8-3-9-15-18)21-24-23-20(25-21)17-12-6-2-7-13-17/h1-15,19,22H. The maximum atomic E-state index is 5.97. The van der Waals surface area contributed by atoms with Crippen LogP contribution in [0.5, 0.6) is 0 Å². The van der Waals surface area contributed by atoms with Gasteiger partial charge in [0, 0.05) is 11.3 Å². The van der Waals surface area contributed by atoms with Crippen molar-refractivity contribution in [3.05, 3.63) is 102 Å². The molecule has 1 unspecified atom stereocenters. The molecule has 4 heteroatoms. The fourth-order valence-corrected chi connectivity index (χ4v) is 2.68. The van der Waals surface area contributed by atoms with Gasteiger partial charge in [-0.3, -0.25) is 0 Å². The van der Waals surface area contributed by atoms with Gasteiger partial charge in [0.25, 0.3) is 0 Å². The molecule has 3 aromatic carbocycles. The highest BCUT2D eigenvalue weighted by Crippen LogP contribution is 2.28. The van der Waals surface area contributed by atoms with Crippen LogP contribution in [0.4, 0.5) is 5.69 Å². The van der Waals surface area contributed by atoms with E-state index in [1.165, 1.54) is 0 Å². The number of anilines is 1. The van der Waals surface area contributed by atoms with Crippen LogP contribution in [0.2, 0.25) is 0 Å². The van der Waals surface area contributed by atoms with Gasteiger partial charge >= 0.3 is 0 Å². The molecule has 1 N–H and O–H groups in total. The van der Waals surface area contributed by atoms with Gasteiger partial charge in [0.05, 0.1) is 0 Å². The average Bonchev–Trinajstić information content (AvgIpc) is 3.18. The van der Waals surface area contributed by atoms with Crippen molar-refractivity contribution in [2.24, 2.45) is 0 Å². The molecule has 0 spiro atoms. The first-order valence-electron chi connectivity index (χ1n) is 8.15. The van der Waals surface area contributed by atoms with E-state index in [4.69, 9.17) is 4.42 Å². The second kappa shape index (κ2) is 7.01. The lowest BCUT2D eigenvalue weighted by atomic mass is 10.1. The van der Waals surface area contributed by atoms with Crippen LogP contribution in [-0.4, -0.2) is 10.2 Å². The van der Waals surface area contributed by atoms with Crippen molar-refractivity contribution in [3.63, 3.8) is 0 Å². The third-order valence-corrected chi connectivity index (χ3v) is 3.93. The lowest BCUT2D eigenvalue weighted by Gasteiger charge is -2.16. The molecular formula is C21H17N3O. The van der Waals surface area contributed by atoms with Crippen molar-refractivity contribution >= 4 is 5.69 Å². The normalized spacial score (nSPS) is 11.8. The Bertz CT molecular complexity index is 921. The Labute approximate surface area is 146 Å². The lowest BCUT2D eigenvalue weighted by molar-refractivity contribution is 0.494. The summed E-state index contributed by atoms with van der Waals surface area (Å²) in [6.07, 6.45) is 0. The minimum Gasteiger partial charge on any atom is -0.418 e. The molecule has 0 amide bonds. The number of aromatic nitrogens is 2. The topological polar surface area (TPSA) is 51.0 Å². The van der Waals surface area contributed by atoms with E-state index in [9.17, 15) is 0 Å². The predicted octanol–water partition coefficient (Wildman–Crippen LogP) is 4.94. The fraction of sp³-hybridized carbons (Fsp3) is 0.0476. The number of benzene rings is 3. The predicted molar refractivity (Wildman–Crippen MR) is 98.1 cm³/mol. The Morgan fingerprint density at radius 3 is 1.96 bits per heavy atom. The van der Waals surface area contributed by atoms with E-state index in [0.29, 0.717) is 11.8 Å². The van der Waals surface area contributed by atoms with Crippen molar-refractivity contribution in [2.75, 3.05) is 5.32 Å². The van der Waals surface area contributed by atoms with Crippen LogP contribution in [-0.2, 0) is 0 Å². The van der Waals surface area contributed by atoms with E-state index in [1.54, 1.807) is 0 Å². The van der Waals surface area contributed by atoms with E-state index < -0.39 is 0 Å². The quantitative estimate of drug-likeness (QED) is 0.564. The summed E-state index contributed by atoms with van der Waals surface area (Å²) in [5.41, 5.74) is 2.97. The van der Waals surface area contributed by atoms with Gasteiger partial charge in [-0.15, -0.1) is 10.2 Å². The number of nitrogens with one attached hydrogen (secondary N) is 1. The zero-order valence-electron chi connectivity index (χ0n) is 13.5. The molecule has 0 saturated carbocycles. The Kier molecular flexibility index (Phi) is 4.25. The molecule has 1 aromatic heterocycles. The first-order chi connectivity index (χ1) is 12.4. The van der Waals surface area contributed by atoms with Gasteiger partial charge in [-0.25, -0.2) is 0 Å². The van der Waals surface area contributed by atoms with E-state index >= 15 is 0 Å². The zero-order valence-corrected chi connectivity index (χ0v) is 13.5. The molecule has 1 heterocycles. The smallest absolute Gasteiger partial charge is 0.247 e. The fourth-order valence-electron chi connectivity index (χ4n) is 2.68. The molecule has 0 saturated heterocycles. The summed E-state index contributed by atoms with van der Waals surface area (Å²) in [5, 5.41) is 12.0. The summed E-state index contributed by atoms with van der Waals surface area (Å²) in [5.74, 6) is 1.06. The van der Waals surface area contributed by atoms with Gasteiger partial charge in [-0.05, 0) is 29.8 Å². The highest BCUT2D eigenvalue weighted by atomic mass is 16.4. The molecule has 4 rings (SSSR count). The van der Waals surface area contributed by atoms with Crippen molar-refractivity contribution in [3.8, 4) is 11.5 Å². The molecular weight excluding hydrogens is 310 g/mol. The van der Waals surface area contributed by atoms with Gasteiger partial charge < -0.3 is 9.73 Å². The number of hydrogen-bond acceptors (Lipinski definition) is 4. The minimum atomic E-state index is -0.214. The van der Waals surface area contributed by atoms with E-state index in [2.05, 4.69) is 15.5 Å². The van der Waals surface area contributed by atoms with E-state index in [1.807, 2.05) is 91.0 Å². The molecule has 0 bridgehead atoms. The molecule has 0 aliphatic rings. The lowest BCUT2D eigenvalue weighted by Crippen LogP contribution is -2.12. The number of hydrogen-bond donors (Lipinski definition) is 1. The third-order valence-electron chi connectivity index (χ3n) is 3.93. The van der Waals surface area contributed by atoms with Gasteiger partial charge in [-0.2, -0.15) is 0 Å². The summed E-state index contributed by atoms with van der Waals surface area (Å²) < 4.78 is 5.97. The van der Waals surface area contributed by atoms with Crippen molar-refractivity contribution in [2.45, 2.75) is 6.04 Å². The van der Waals surface area contributed by atoms with Crippen molar-refractivity contribution in [1.82, 2.24) is 10.2 Å². The Balaban J connectivity index is 1.70. The molecule has 0 fully saturated rings. The average molecular weight is 327 g/mol. The summed E-state index contributed by atoms with van der Waals surface area (Å²) in [7, 11) is 0. The monoisotopic (exact) mass is 327 g/mol. The number of para-hydroxylation sites is 1. The van der Waals surface area contributed by atoms with Crippen LogP contribution >= 0.6 is 0 Å². The number of nitrogens with zero attached hydrogens (tertiary/aromatic N) is 2. The molecule has 4 nitrogen and oxygen atoms in total. The van der Waals surface area contributed by atoms with Gasteiger partial charge in [0.2, 0.25) is 11.8 Å². The molecule has 1 atom stereocenters. The second-order valence-corrected chi connectivity index (χ2v) is 5.67. The molecule has 4 aromatic rings. The largest absolute Gasteiger partial charge is 0.418 e. The van der Waals surface area contributed by atoms with Crippen LogP contribution in [0.1, 0.15) is 17.5 Å². The summed E-state index contributed by atoms with van der Waals surface area (Å²) in [6, 6.07) is 29.7. The maximum Gasteiger partial charge on any atom is 0.247 e. The van der Waals surface area contributed by atoms with Crippen molar-refractivity contribution in [1.29, 1.82) is 0 Å². The summed E-state index contributed by atoms with van der Waals surface area (Å²) >= 11 is 0. The summed E-state index contributed by atoms with van der Waals surface area (Å²) in [4.78, 5) is 0. The van der Waals surface area contributed by atoms with Gasteiger partial charge in [0.1, 0.15) is 6.04 Å². The van der Waals surface area contributed by atoms with E-state index in [0.717, 1.165) is 16.8 Å². The summed E-state index contributed by atoms with van der Waals surface area (Å²) in [6.45, 7) is 0. The van der Waals surface area contributed by atoms with Crippen LogP contribution in [0.3, 0.4) is 0 Å². The first-order valence-corrected chi connectivity index (χ1v) is 8.15. The molecule has 25 heavy (non-hydrogen) atoms. The molecule has 0 aliphatic heterocycles. The van der Waals surface area contributed by atoms with Crippen LogP contribution in [0.15, 0.2) is 95.4 Å². The Hall–Kier alpha value is -3.40. The SMILES string of the molecule is c1ccc(NC(c2ccccc2)c2nnc(-c3ccccc3)o2)cc1. The molecule has 0 aliphatic carbocycles. The van der Waals surface area contributed by atoms with Crippen LogP contribution in [0.25, 0.3) is 11.5 Å². The van der Waals surface area contributed by atoms with Gasteiger partial charge in [-0.1, -0.05) is 66.7 Å². The Morgan fingerprint density at radius 2 is 1.28 bits per heavy atom. The van der Waals surface area contributed by atoms with Crippen LogP contribution < -0.4 is 5.32 Å². The Morgan fingerprint density at radius 1 is 0.680 bits per heavy atom. The maximum absolute atomic E-state index is 5.97. The van der Waals surface area contributed by atoms with Crippen LogP contribution in [0, 0.1) is 0 Å². The third kappa shape index (κ3) is 3.43.